The summed E-state index contributed by atoms with van der Waals surface area (Å²) < 4.78 is 0. The lowest BCUT2D eigenvalue weighted by molar-refractivity contribution is 1.41. The molecule has 5 heterocycles. The monoisotopic (exact) mass is 344 g/mol. The van der Waals surface area contributed by atoms with Gasteiger partial charge in [-0.25, -0.2) is 20.0 Å². The molecule has 25 heavy (non-hydrogen) atoms. The molecular formula is C20H13ClN4. The lowest BCUT2D eigenvalue weighted by Crippen LogP contribution is -1.89. The van der Waals surface area contributed by atoms with Crippen LogP contribution >= 0.6 is 12.4 Å². The summed E-state index contributed by atoms with van der Waals surface area (Å²) in [6.07, 6.45) is 23.8. The fraction of sp³-hybridized carbons (Fsp3) is 0. The van der Waals surface area contributed by atoms with Crippen LogP contribution in [0.15, 0.2) is 116 Å². The molecule has 5 aliphatic heterocycles. The van der Waals surface area contributed by atoms with Gasteiger partial charge in [0.25, 0.3) is 0 Å². The van der Waals surface area contributed by atoms with Crippen LogP contribution < -0.4 is 0 Å². The summed E-state index contributed by atoms with van der Waals surface area (Å²) in [6, 6.07) is 0. The smallest absolute Gasteiger partial charge is 0.0659 e. The molecule has 0 spiro atoms. The topological polar surface area (TPSA) is 49.4 Å². The standard InChI is InChI=1S/C20H12N4.ClH/c1-2-14-10-16-5-6-18(23-16)12-20-8-7-19(24-20)11-17-4-3-15(22-17)9-13(1)21-14;/h1-12H;1H. The van der Waals surface area contributed by atoms with E-state index in [9.17, 15) is 0 Å². The summed E-state index contributed by atoms with van der Waals surface area (Å²) in [4.78, 5) is 18.4. The van der Waals surface area contributed by atoms with Gasteiger partial charge in [-0.2, -0.15) is 0 Å². The summed E-state index contributed by atoms with van der Waals surface area (Å²) in [5.41, 5.74) is 7.15. The molecule has 0 radical (unpaired) electrons. The summed E-state index contributed by atoms with van der Waals surface area (Å²) in [5.74, 6) is 0. The van der Waals surface area contributed by atoms with Crippen LogP contribution in [0, 0.1) is 0 Å². The Morgan fingerprint density at radius 1 is 0.360 bits per heavy atom. The van der Waals surface area contributed by atoms with Gasteiger partial charge in [-0.15, -0.1) is 12.4 Å². The van der Waals surface area contributed by atoms with E-state index >= 15 is 0 Å². The van der Waals surface area contributed by atoms with Crippen molar-refractivity contribution in [2.24, 2.45) is 20.0 Å². The predicted molar refractivity (Wildman–Crippen MR) is 106 cm³/mol. The van der Waals surface area contributed by atoms with Crippen LogP contribution in [0.5, 0.6) is 0 Å². The van der Waals surface area contributed by atoms with Crippen LogP contribution in [0.3, 0.4) is 0 Å². The van der Waals surface area contributed by atoms with Crippen molar-refractivity contribution in [3.05, 3.63) is 95.7 Å². The molecule has 0 N–H and O–H groups in total. The Morgan fingerprint density at radius 2 is 0.600 bits per heavy atom. The highest BCUT2D eigenvalue weighted by Crippen LogP contribution is 2.20. The van der Waals surface area contributed by atoms with E-state index in [0.29, 0.717) is 0 Å². The number of hydrogen-bond donors (Lipinski definition) is 0. The van der Waals surface area contributed by atoms with Gasteiger partial charge in [-0.05, 0) is 72.9 Å². The fourth-order valence-electron chi connectivity index (χ4n) is 2.83. The van der Waals surface area contributed by atoms with Gasteiger partial charge in [-0.1, -0.05) is 0 Å². The van der Waals surface area contributed by atoms with E-state index in [0.717, 1.165) is 45.6 Å². The molecule has 0 aromatic carbocycles. The van der Waals surface area contributed by atoms with E-state index in [-0.39, 0.29) is 12.4 Å². The number of aliphatic imine (C=N–C) groups is 4. The number of rotatable bonds is 0. The number of nitrogens with zero attached hydrogens (tertiary/aromatic N) is 4. The van der Waals surface area contributed by atoms with Crippen molar-refractivity contribution in [2.45, 2.75) is 0 Å². The van der Waals surface area contributed by atoms with Crippen LogP contribution in [-0.2, 0) is 0 Å². The van der Waals surface area contributed by atoms with Gasteiger partial charge < -0.3 is 0 Å². The Hall–Kier alpha value is -3.11. The Kier molecular flexibility index (Phi) is 3.75. The van der Waals surface area contributed by atoms with Crippen LogP contribution in [0.2, 0.25) is 0 Å². The van der Waals surface area contributed by atoms with Crippen molar-refractivity contribution in [1.29, 1.82) is 0 Å². The Bertz CT molecular complexity index is 848. The first-order valence-corrected chi connectivity index (χ1v) is 7.74. The average molecular weight is 345 g/mol. The number of halogens is 1. The summed E-state index contributed by atoms with van der Waals surface area (Å²) in [6.45, 7) is 0. The molecule has 5 aliphatic rings. The highest BCUT2D eigenvalue weighted by atomic mass is 35.5. The van der Waals surface area contributed by atoms with Gasteiger partial charge in [0.2, 0.25) is 0 Å². The lowest BCUT2D eigenvalue weighted by atomic mass is 10.2. The second-order valence-corrected chi connectivity index (χ2v) is 5.76. The lowest BCUT2D eigenvalue weighted by Gasteiger charge is -1.94. The van der Waals surface area contributed by atoms with Crippen LogP contribution in [-0.4, -0.2) is 22.8 Å². The first-order chi connectivity index (χ1) is 11.8. The van der Waals surface area contributed by atoms with Crippen LogP contribution in [0.25, 0.3) is 0 Å². The van der Waals surface area contributed by atoms with Gasteiger partial charge in [0.15, 0.2) is 0 Å². The van der Waals surface area contributed by atoms with E-state index in [4.69, 9.17) is 0 Å². The molecule has 8 bridgehead atoms. The molecule has 0 aromatic rings. The molecule has 120 valence electrons. The van der Waals surface area contributed by atoms with E-state index in [1.54, 1.807) is 0 Å². The molecule has 0 saturated heterocycles. The molecule has 0 unspecified atom stereocenters. The summed E-state index contributed by atoms with van der Waals surface area (Å²) in [7, 11) is 0. The first kappa shape index (κ1) is 15.4. The van der Waals surface area contributed by atoms with E-state index in [1.807, 2.05) is 72.9 Å². The summed E-state index contributed by atoms with van der Waals surface area (Å²) in [5, 5.41) is 0. The Labute approximate surface area is 151 Å². The van der Waals surface area contributed by atoms with E-state index < -0.39 is 0 Å². The minimum absolute atomic E-state index is 0. The Morgan fingerprint density at radius 3 is 0.840 bits per heavy atom. The maximum absolute atomic E-state index is 4.59. The van der Waals surface area contributed by atoms with Crippen molar-refractivity contribution in [2.75, 3.05) is 0 Å². The van der Waals surface area contributed by atoms with Crippen molar-refractivity contribution in [3.8, 4) is 0 Å². The van der Waals surface area contributed by atoms with Crippen molar-refractivity contribution in [1.82, 2.24) is 0 Å². The second-order valence-electron chi connectivity index (χ2n) is 5.76. The van der Waals surface area contributed by atoms with Gasteiger partial charge in [-0.3, -0.25) is 0 Å². The second kappa shape index (κ2) is 6.07. The highest BCUT2D eigenvalue weighted by molar-refractivity contribution is 6.14. The molecule has 0 amide bonds. The number of hydrogen-bond acceptors (Lipinski definition) is 4. The zero-order chi connectivity index (χ0) is 15.9. The quantitative estimate of drug-likeness (QED) is 0.638. The highest BCUT2D eigenvalue weighted by Gasteiger charge is 2.11. The van der Waals surface area contributed by atoms with E-state index in [1.165, 1.54) is 0 Å². The molecule has 0 fully saturated rings. The SMILES string of the molecule is C1=CC2=NC1=CC1=NC(=CC3=NC(=CC4=NC(=C2)C=C4)C=C3)C=C1.Cl. The molecule has 4 nitrogen and oxygen atoms in total. The van der Waals surface area contributed by atoms with Gasteiger partial charge in [0, 0.05) is 0 Å². The third kappa shape index (κ3) is 3.12. The van der Waals surface area contributed by atoms with Crippen molar-refractivity contribution in [3.63, 3.8) is 0 Å². The maximum atomic E-state index is 4.59. The zero-order valence-corrected chi connectivity index (χ0v) is 13.9. The molecule has 0 aromatic heterocycles. The zero-order valence-electron chi connectivity index (χ0n) is 13.1. The van der Waals surface area contributed by atoms with Crippen LogP contribution in [0.1, 0.15) is 0 Å². The minimum Gasteiger partial charge on any atom is -0.249 e. The third-order valence-corrected chi connectivity index (χ3v) is 3.92. The molecule has 0 aliphatic carbocycles. The Balaban J connectivity index is 0.00000157. The van der Waals surface area contributed by atoms with Gasteiger partial charge in [0.05, 0.1) is 45.6 Å². The normalized spacial score (nSPS) is 21.8. The first-order valence-electron chi connectivity index (χ1n) is 7.74. The summed E-state index contributed by atoms with van der Waals surface area (Å²) >= 11 is 0. The predicted octanol–water partition coefficient (Wildman–Crippen LogP) is 4.00. The third-order valence-electron chi connectivity index (χ3n) is 3.92. The minimum atomic E-state index is 0. The molecule has 5 heteroatoms. The number of allylic oxidation sites excluding steroid dienone is 12. The van der Waals surface area contributed by atoms with Gasteiger partial charge in [0.1, 0.15) is 0 Å². The maximum Gasteiger partial charge on any atom is 0.0659 e. The number of fused-ring (bicyclic) bond motifs is 4. The molecule has 5 rings (SSSR count). The van der Waals surface area contributed by atoms with Gasteiger partial charge >= 0.3 is 0 Å². The molecule has 0 atom stereocenters. The fourth-order valence-corrected chi connectivity index (χ4v) is 2.83. The van der Waals surface area contributed by atoms with Crippen molar-refractivity contribution < 1.29 is 0 Å². The molecular weight excluding hydrogens is 332 g/mol. The van der Waals surface area contributed by atoms with Crippen molar-refractivity contribution >= 4 is 35.3 Å². The van der Waals surface area contributed by atoms with E-state index in [2.05, 4.69) is 20.0 Å². The van der Waals surface area contributed by atoms with Crippen LogP contribution in [0.4, 0.5) is 0 Å². The average Bonchev–Trinajstić information content (AvgIpc) is 3.32. The largest absolute Gasteiger partial charge is 0.249 e. The molecule has 0 saturated carbocycles.